The molecule has 0 atom stereocenters. The first-order valence-corrected chi connectivity index (χ1v) is 9.91. The summed E-state index contributed by atoms with van der Waals surface area (Å²) in [5, 5.41) is 3.18. The number of aromatic nitrogens is 2. The zero-order valence-corrected chi connectivity index (χ0v) is 17.6. The van der Waals surface area contributed by atoms with Gasteiger partial charge in [-0.1, -0.05) is 23.7 Å². The number of nitrogens with zero attached hydrogens (tertiary/aromatic N) is 2. The summed E-state index contributed by atoms with van der Waals surface area (Å²) in [6.07, 6.45) is 1.53. The Hall–Kier alpha value is -3.97. The molecule has 160 valence electrons. The summed E-state index contributed by atoms with van der Waals surface area (Å²) >= 11 is 6.09. The van der Waals surface area contributed by atoms with E-state index in [0.717, 1.165) is 0 Å². The van der Waals surface area contributed by atoms with Crippen molar-refractivity contribution < 1.29 is 18.7 Å². The fourth-order valence-corrected chi connectivity index (χ4v) is 3.17. The normalized spacial score (nSPS) is 10.5. The molecule has 1 N–H and O–H groups in total. The van der Waals surface area contributed by atoms with E-state index in [1.807, 2.05) is 0 Å². The molecule has 0 saturated heterocycles. The molecule has 8 heteroatoms. The van der Waals surface area contributed by atoms with Crippen molar-refractivity contribution in [2.45, 2.75) is 0 Å². The number of hydrogen-bond acceptors (Lipinski definition) is 5. The van der Waals surface area contributed by atoms with Gasteiger partial charge >= 0.3 is 0 Å². The van der Waals surface area contributed by atoms with Gasteiger partial charge < -0.3 is 14.8 Å². The second kappa shape index (κ2) is 9.45. The predicted octanol–water partition coefficient (Wildman–Crippen LogP) is 5.99. The zero-order valence-electron chi connectivity index (χ0n) is 16.9. The van der Waals surface area contributed by atoms with E-state index >= 15 is 0 Å². The lowest BCUT2D eigenvalue weighted by atomic mass is 10.2. The van der Waals surface area contributed by atoms with Gasteiger partial charge in [-0.05, 0) is 54.6 Å². The Morgan fingerprint density at radius 1 is 1.03 bits per heavy atom. The molecule has 0 unspecified atom stereocenters. The summed E-state index contributed by atoms with van der Waals surface area (Å²) in [4.78, 5) is 21.0. The smallest absolute Gasteiger partial charge is 0.255 e. The van der Waals surface area contributed by atoms with Crippen LogP contribution in [0.25, 0.3) is 11.4 Å². The molecule has 4 rings (SSSR count). The number of carbonyl (C=O) groups excluding carboxylic acids is 1. The van der Waals surface area contributed by atoms with E-state index in [2.05, 4.69) is 15.3 Å². The average Bonchev–Trinajstić information content (AvgIpc) is 2.80. The Morgan fingerprint density at radius 3 is 2.56 bits per heavy atom. The number of amides is 1. The topological polar surface area (TPSA) is 73.3 Å². The van der Waals surface area contributed by atoms with E-state index in [4.69, 9.17) is 21.1 Å². The SMILES string of the molecule is COc1ccc(NC(=O)c2ccc(Oc3ccnc(-c4cccc(F)c4)n3)cc2)cc1Cl. The maximum absolute atomic E-state index is 13.5. The molecule has 0 saturated carbocycles. The summed E-state index contributed by atoms with van der Waals surface area (Å²) in [5.41, 5.74) is 1.53. The van der Waals surface area contributed by atoms with Crippen molar-refractivity contribution in [3.05, 3.63) is 95.4 Å². The van der Waals surface area contributed by atoms with Crippen LogP contribution in [0.4, 0.5) is 10.1 Å². The summed E-state index contributed by atoms with van der Waals surface area (Å²) in [7, 11) is 1.52. The molecule has 32 heavy (non-hydrogen) atoms. The molecule has 0 bridgehead atoms. The fraction of sp³-hybridized carbons (Fsp3) is 0.0417. The molecular weight excluding hydrogens is 433 g/mol. The van der Waals surface area contributed by atoms with Gasteiger partial charge in [0.25, 0.3) is 5.91 Å². The second-order valence-electron chi connectivity index (χ2n) is 6.66. The van der Waals surface area contributed by atoms with Crippen LogP contribution in [0.15, 0.2) is 79.0 Å². The van der Waals surface area contributed by atoms with E-state index in [1.165, 1.54) is 25.4 Å². The van der Waals surface area contributed by atoms with Gasteiger partial charge in [-0.2, -0.15) is 4.98 Å². The minimum Gasteiger partial charge on any atom is -0.495 e. The standard InChI is InChI=1S/C24H17ClFN3O3/c1-31-21-10-7-18(14-20(21)25)28-24(30)15-5-8-19(9-6-15)32-22-11-12-27-23(29-22)16-3-2-4-17(26)13-16/h2-14H,1H3,(H,28,30). The van der Waals surface area contributed by atoms with Gasteiger partial charge in [0.05, 0.1) is 12.1 Å². The highest BCUT2D eigenvalue weighted by atomic mass is 35.5. The van der Waals surface area contributed by atoms with Crippen molar-refractivity contribution in [2.24, 2.45) is 0 Å². The Morgan fingerprint density at radius 2 is 1.84 bits per heavy atom. The Bertz CT molecular complexity index is 1270. The van der Waals surface area contributed by atoms with Crippen molar-refractivity contribution in [1.82, 2.24) is 9.97 Å². The molecule has 0 fully saturated rings. The van der Waals surface area contributed by atoms with E-state index in [0.29, 0.717) is 45.0 Å². The third kappa shape index (κ3) is 5.01. The van der Waals surface area contributed by atoms with Crippen LogP contribution in [-0.4, -0.2) is 23.0 Å². The molecule has 0 radical (unpaired) electrons. The largest absolute Gasteiger partial charge is 0.495 e. The van der Waals surface area contributed by atoms with Crippen LogP contribution >= 0.6 is 11.6 Å². The van der Waals surface area contributed by atoms with E-state index < -0.39 is 0 Å². The van der Waals surface area contributed by atoms with Crippen molar-refractivity contribution in [1.29, 1.82) is 0 Å². The Kier molecular flexibility index (Phi) is 6.28. The lowest BCUT2D eigenvalue weighted by Crippen LogP contribution is -2.11. The molecule has 3 aromatic carbocycles. The number of methoxy groups -OCH3 is 1. The molecule has 1 heterocycles. The quantitative estimate of drug-likeness (QED) is 0.391. The van der Waals surface area contributed by atoms with E-state index in [9.17, 15) is 9.18 Å². The number of hydrogen-bond donors (Lipinski definition) is 1. The highest BCUT2D eigenvalue weighted by Gasteiger charge is 2.10. The van der Waals surface area contributed by atoms with Crippen molar-refractivity contribution >= 4 is 23.2 Å². The van der Waals surface area contributed by atoms with Gasteiger partial charge in [0.2, 0.25) is 5.88 Å². The van der Waals surface area contributed by atoms with Gasteiger partial charge in [0.1, 0.15) is 17.3 Å². The van der Waals surface area contributed by atoms with Crippen LogP contribution in [-0.2, 0) is 0 Å². The van der Waals surface area contributed by atoms with Crippen molar-refractivity contribution in [3.63, 3.8) is 0 Å². The predicted molar refractivity (Wildman–Crippen MR) is 120 cm³/mol. The summed E-state index contributed by atoms with van der Waals surface area (Å²) < 4.78 is 24.3. The van der Waals surface area contributed by atoms with Gasteiger partial charge in [-0.25, -0.2) is 9.37 Å². The molecule has 0 spiro atoms. The van der Waals surface area contributed by atoms with Gasteiger partial charge in [0.15, 0.2) is 5.82 Å². The van der Waals surface area contributed by atoms with Crippen LogP contribution in [0.5, 0.6) is 17.4 Å². The molecule has 0 aliphatic rings. The van der Waals surface area contributed by atoms with Crippen LogP contribution in [0.3, 0.4) is 0 Å². The van der Waals surface area contributed by atoms with Gasteiger partial charge in [0, 0.05) is 29.1 Å². The molecular formula is C24H17ClFN3O3. The number of carbonyl (C=O) groups is 1. The van der Waals surface area contributed by atoms with Crippen LogP contribution in [0, 0.1) is 5.82 Å². The summed E-state index contributed by atoms with van der Waals surface area (Å²) in [5.74, 6) is 0.978. The Balaban J connectivity index is 1.44. The number of nitrogens with one attached hydrogen (secondary N) is 1. The maximum Gasteiger partial charge on any atom is 0.255 e. The highest BCUT2D eigenvalue weighted by Crippen LogP contribution is 2.28. The average molecular weight is 450 g/mol. The summed E-state index contributed by atoms with van der Waals surface area (Å²) in [6, 6.07) is 19.1. The lowest BCUT2D eigenvalue weighted by Gasteiger charge is -2.09. The first-order chi connectivity index (χ1) is 15.5. The minimum atomic E-state index is -0.372. The highest BCUT2D eigenvalue weighted by molar-refractivity contribution is 6.32. The number of rotatable bonds is 6. The van der Waals surface area contributed by atoms with Crippen LogP contribution < -0.4 is 14.8 Å². The molecule has 1 amide bonds. The van der Waals surface area contributed by atoms with Gasteiger partial charge in [-0.15, -0.1) is 0 Å². The van der Waals surface area contributed by atoms with Crippen molar-refractivity contribution in [3.8, 4) is 28.8 Å². The summed E-state index contributed by atoms with van der Waals surface area (Å²) in [6.45, 7) is 0. The molecule has 4 aromatic rings. The first-order valence-electron chi connectivity index (χ1n) is 9.53. The molecule has 1 aromatic heterocycles. The number of anilines is 1. The molecule has 0 aliphatic carbocycles. The number of benzene rings is 3. The minimum absolute atomic E-state index is 0.296. The Labute approximate surface area is 188 Å². The van der Waals surface area contributed by atoms with Crippen LogP contribution in [0.2, 0.25) is 5.02 Å². The fourth-order valence-electron chi connectivity index (χ4n) is 2.91. The lowest BCUT2D eigenvalue weighted by molar-refractivity contribution is 0.102. The van der Waals surface area contributed by atoms with Crippen LogP contribution in [0.1, 0.15) is 10.4 Å². The third-order valence-corrected chi connectivity index (χ3v) is 4.76. The first kappa shape index (κ1) is 21.3. The number of halogens is 2. The zero-order chi connectivity index (χ0) is 22.5. The second-order valence-corrected chi connectivity index (χ2v) is 7.07. The molecule has 0 aliphatic heterocycles. The maximum atomic E-state index is 13.5. The van der Waals surface area contributed by atoms with Gasteiger partial charge in [-0.3, -0.25) is 4.79 Å². The van der Waals surface area contributed by atoms with Crippen molar-refractivity contribution in [2.75, 3.05) is 12.4 Å². The van der Waals surface area contributed by atoms with E-state index in [-0.39, 0.29) is 11.7 Å². The third-order valence-electron chi connectivity index (χ3n) is 4.46. The molecule has 6 nitrogen and oxygen atoms in total. The van der Waals surface area contributed by atoms with E-state index in [1.54, 1.807) is 60.7 Å². The number of ether oxygens (including phenoxy) is 2. The monoisotopic (exact) mass is 449 g/mol.